The Bertz CT molecular complexity index is 384. The van der Waals surface area contributed by atoms with Gasteiger partial charge in [0.05, 0.1) is 18.0 Å². The molecular formula is C12H22N4O. The monoisotopic (exact) mass is 238 g/mol. The van der Waals surface area contributed by atoms with E-state index in [0.29, 0.717) is 0 Å². The van der Waals surface area contributed by atoms with Crippen molar-refractivity contribution in [1.29, 1.82) is 0 Å². The Hall–Kier alpha value is -1.23. The van der Waals surface area contributed by atoms with Gasteiger partial charge >= 0.3 is 0 Å². The minimum Gasteiger partial charge on any atom is -0.394 e. The van der Waals surface area contributed by atoms with Crippen molar-refractivity contribution in [1.82, 2.24) is 9.78 Å². The fraction of sp³-hybridized carbons (Fsp3) is 0.750. The molecule has 0 unspecified atom stereocenters. The van der Waals surface area contributed by atoms with Crippen LogP contribution in [0.2, 0.25) is 0 Å². The summed E-state index contributed by atoms with van der Waals surface area (Å²) in [6.07, 6.45) is 2.67. The molecule has 1 saturated carbocycles. The first kappa shape index (κ1) is 12.2. The lowest BCUT2D eigenvalue weighted by Crippen LogP contribution is -2.25. The summed E-state index contributed by atoms with van der Waals surface area (Å²) in [6, 6.07) is 0. The smallest absolute Gasteiger partial charge is 0.150 e. The maximum atomic E-state index is 6.00. The van der Waals surface area contributed by atoms with Crippen LogP contribution < -0.4 is 10.6 Å². The van der Waals surface area contributed by atoms with Gasteiger partial charge in [0.15, 0.2) is 0 Å². The second-order valence-electron chi connectivity index (χ2n) is 4.89. The van der Waals surface area contributed by atoms with E-state index in [1.165, 1.54) is 12.8 Å². The largest absolute Gasteiger partial charge is 0.394 e. The quantitative estimate of drug-likeness (QED) is 0.756. The number of nitrogen functional groups attached to an aromatic ring is 1. The summed E-state index contributed by atoms with van der Waals surface area (Å²) in [5.74, 6) is 1.79. The van der Waals surface area contributed by atoms with Crippen molar-refractivity contribution in [3.05, 3.63) is 5.69 Å². The molecule has 1 aliphatic carbocycles. The summed E-state index contributed by atoms with van der Waals surface area (Å²) in [5, 5.41) is 4.31. The van der Waals surface area contributed by atoms with E-state index in [-0.39, 0.29) is 0 Å². The van der Waals surface area contributed by atoms with Crippen LogP contribution in [0.1, 0.15) is 18.5 Å². The van der Waals surface area contributed by atoms with Gasteiger partial charge in [-0.15, -0.1) is 0 Å². The van der Waals surface area contributed by atoms with Crippen molar-refractivity contribution in [3.63, 3.8) is 0 Å². The van der Waals surface area contributed by atoms with E-state index in [4.69, 9.17) is 10.5 Å². The Labute approximate surface area is 103 Å². The van der Waals surface area contributed by atoms with Gasteiger partial charge in [-0.1, -0.05) is 0 Å². The lowest BCUT2D eigenvalue weighted by Gasteiger charge is -2.19. The standard InChI is InChI=1S/C12H22N4O/c1-9-11(13)12(16(3)14-9)15(2)6-7-17-8-10-4-5-10/h10H,4-8,13H2,1-3H3. The number of ether oxygens (including phenoxy) is 1. The van der Waals surface area contributed by atoms with Gasteiger partial charge in [-0.3, -0.25) is 4.68 Å². The van der Waals surface area contributed by atoms with Crippen molar-refractivity contribution in [2.45, 2.75) is 19.8 Å². The highest BCUT2D eigenvalue weighted by atomic mass is 16.5. The molecule has 1 heterocycles. The SMILES string of the molecule is Cc1nn(C)c(N(C)CCOCC2CC2)c1N. The van der Waals surface area contributed by atoms with Gasteiger partial charge in [-0.05, 0) is 25.7 Å². The summed E-state index contributed by atoms with van der Waals surface area (Å²) in [6.45, 7) is 4.43. The maximum absolute atomic E-state index is 6.00. The van der Waals surface area contributed by atoms with E-state index in [2.05, 4.69) is 10.00 Å². The first-order chi connectivity index (χ1) is 8.09. The number of hydrogen-bond acceptors (Lipinski definition) is 4. The molecular weight excluding hydrogens is 216 g/mol. The van der Waals surface area contributed by atoms with Crippen LogP contribution in [-0.2, 0) is 11.8 Å². The van der Waals surface area contributed by atoms with Crippen LogP contribution in [0.5, 0.6) is 0 Å². The van der Waals surface area contributed by atoms with Gasteiger partial charge in [0.1, 0.15) is 5.82 Å². The summed E-state index contributed by atoms with van der Waals surface area (Å²) in [7, 11) is 3.94. The molecule has 0 radical (unpaired) electrons. The second kappa shape index (κ2) is 4.96. The normalized spacial score (nSPS) is 15.2. The van der Waals surface area contributed by atoms with Gasteiger partial charge in [-0.25, -0.2) is 0 Å². The molecule has 0 aromatic carbocycles. The number of nitrogens with two attached hydrogens (primary N) is 1. The first-order valence-electron chi connectivity index (χ1n) is 6.17. The van der Waals surface area contributed by atoms with Crippen molar-refractivity contribution in [2.75, 3.05) is 37.4 Å². The number of aryl methyl sites for hydroxylation is 2. The van der Waals surface area contributed by atoms with E-state index in [9.17, 15) is 0 Å². The molecule has 17 heavy (non-hydrogen) atoms. The lowest BCUT2D eigenvalue weighted by molar-refractivity contribution is 0.130. The van der Waals surface area contributed by atoms with E-state index >= 15 is 0 Å². The van der Waals surface area contributed by atoms with E-state index in [1.54, 1.807) is 0 Å². The van der Waals surface area contributed by atoms with E-state index in [1.807, 2.05) is 25.7 Å². The fourth-order valence-electron chi connectivity index (χ4n) is 1.96. The molecule has 2 N–H and O–H groups in total. The van der Waals surface area contributed by atoms with Crippen molar-refractivity contribution in [3.8, 4) is 0 Å². The van der Waals surface area contributed by atoms with Gasteiger partial charge in [0.25, 0.3) is 0 Å². The van der Waals surface area contributed by atoms with Crippen LogP contribution in [0.25, 0.3) is 0 Å². The predicted molar refractivity (Wildman–Crippen MR) is 69.2 cm³/mol. The number of nitrogens with zero attached hydrogens (tertiary/aromatic N) is 3. The average Bonchev–Trinajstić information content (AvgIpc) is 3.04. The molecule has 0 atom stereocenters. The van der Waals surface area contributed by atoms with Crippen LogP contribution in [0, 0.1) is 12.8 Å². The Balaban J connectivity index is 1.82. The molecule has 1 aromatic rings. The lowest BCUT2D eigenvalue weighted by atomic mass is 10.3. The molecule has 0 spiro atoms. The molecule has 0 bridgehead atoms. The summed E-state index contributed by atoms with van der Waals surface area (Å²) in [4.78, 5) is 2.10. The average molecular weight is 238 g/mol. The third-order valence-corrected chi connectivity index (χ3v) is 3.22. The minimum atomic E-state index is 0.747. The molecule has 5 heteroatoms. The van der Waals surface area contributed by atoms with Crippen LogP contribution >= 0.6 is 0 Å². The number of rotatable bonds is 6. The Kier molecular flexibility index (Phi) is 3.57. The fourth-order valence-corrected chi connectivity index (χ4v) is 1.96. The maximum Gasteiger partial charge on any atom is 0.150 e. The highest BCUT2D eigenvalue weighted by molar-refractivity contribution is 5.65. The predicted octanol–water partition coefficient (Wildman–Crippen LogP) is 1.17. The first-order valence-corrected chi connectivity index (χ1v) is 6.17. The minimum absolute atomic E-state index is 0.747. The highest BCUT2D eigenvalue weighted by Crippen LogP contribution is 2.29. The zero-order valence-corrected chi connectivity index (χ0v) is 10.9. The molecule has 5 nitrogen and oxygen atoms in total. The van der Waals surface area contributed by atoms with Gasteiger partial charge < -0.3 is 15.4 Å². The molecule has 0 amide bonds. The summed E-state index contributed by atoms with van der Waals surface area (Å²) < 4.78 is 7.45. The molecule has 1 aliphatic rings. The molecule has 0 saturated heterocycles. The number of hydrogen-bond donors (Lipinski definition) is 1. The third kappa shape index (κ3) is 2.91. The molecule has 1 aromatic heterocycles. The van der Waals surface area contributed by atoms with E-state index < -0.39 is 0 Å². The topological polar surface area (TPSA) is 56.3 Å². The summed E-state index contributed by atoms with van der Waals surface area (Å²) in [5.41, 5.74) is 7.64. The van der Waals surface area contributed by atoms with Gasteiger partial charge in [0.2, 0.25) is 0 Å². The Morgan fingerprint density at radius 2 is 2.24 bits per heavy atom. The van der Waals surface area contributed by atoms with Crippen LogP contribution in [0.15, 0.2) is 0 Å². The Morgan fingerprint density at radius 3 is 2.76 bits per heavy atom. The Morgan fingerprint density at radius 1 is 1.53 bits per heavy atom. The second-order valence-corrected chi connectivity index (χ2v) is 4.89. The van der Waals surface area contributed by atoms with Crippen LogP contribution in [0.4, 0.5) is 11.5 Å². The highest BCUT2D eigenvalue weighted by Gasteiger charge is 2.21. The van der Waals surface area contributed by atoms with Crippen LogP contribution in [0.3, 0.4) is 0 Å². The van der Waals surface area contributed by atoms with Gasteiger partial charge in [0, 0.05) is 27.2 Å². The van der Waals surface area contributed by atoms with Crippen molar-refractivity contribution in [2.24, 2.45) is 13.0 Å². The number of aromatic nitrogens is 2. The molecule has 0 aliphatic heterocycles. The molecule has 96 valence electrons. The molecule has 2 rings (SSSR count). The zero-order valence-electron chi connectivity index (χ0n) is 10.9. The number of likely N-dealkylation sites (N-methyl/N-ethyl adjacent to an activating group) is 1. The van der Waals surface area contributed by atoms with Crippen molar-refractivity contribution >= 4 is 11.5 Å². The van der Waals surface area contributed by atoms with E-state index in [0.717, 1.165) is 42.9 Å². The summed E-state index contributed by atoms with van der Waals surface area (Å²) >= 11 is 0. The third-order valence-electron chi connectivity index (χ3n) is 3.22. The van der Waals surface area contributed by atoms with Gasteiger partial charge in [-0.2, -0.15) is 5.10 Å². The zero-order chi connectivity index (χ0) is 12.4. The molecule has 1 fully saturated rings. The van der Waals surface area contributed by atoms with Crippen molar-refractivity contribution < 1.29 is 4.74 Å². The number of anilines is 2. The van der Waals surface area contributed by atoms with Crippen LogP contribution in [-0.4, -0.2) is 36.6 Å².